The minimum Gasteiger partial charge on any atom is -0.353 e. The van der Waals surface area contributed by atoms with E-state index in [4.69, 9.17) is 0 Å². The molecule has 7 nitrogen and oxygen atoms in total. The number of anilines is 1. The highest BCUT2D eigenvalue weighted by Gasteiger charge is 2.23. The zero-order valence-electron chi connectivity index (χ0n) is 12.9. The highest BCUT2D eigenvalue weighted by molar-refractivity contribution is 5.92. The van der Waals surface area contributed by atoms with Crippen LogP contribution in [0.2, 0.25) is 0 Å². The first-order valence-corrected chi connectivity index (χ1v) is 7.44. The van der Waals surface area contributed by atoms with Crippen LogP contribution in [0.3, 0.4) is 0 Å². The van der Waals surface area contributed by atoms with Gasteiger partial charge in [0.25, 0.3) is 5.91 Å². The van der Waals surface area contributed by atoms with Gasteiger partial charge >= 0.3 is 0 Å². The van der Waals surface area contributed by atoms with Gasteiger partial charge in [-0.3, -0.25) is 9.78 Å². The Hall–Kier alpha value is -2.44. The van der Waals surface area contributed by atoms with E-state index in [1.54, 1.807) is 29.5 Å². The van der Waals surface area contributed by atoms with Crippen LogP contribution in [0.25, 0.3) is 0 Å². The first kappa shape index (κ1) is 14.5. The molecule has 1 fully saturated rings. The first-order valence-electron chi connectivity index (χ1n) is 7.44. The standard InChI is InChI=1S/C15H20N6O/c1-11-6-16-8-14(18-11)21-5-3-4-12(9-21)19-15(22)13-7-17-10-20(13)2/h6-8,10,12H,3-5,9H2,1-2H3,(H,19,22). The molecule has 3 rings (SSSR count). The van der Waals surface area contributed by atoms with Gasteiger partial charge in [0, 0.05) is 32.4 Å². The SMILES string of the molecule is Cc1cncc(N2CCCC(NC(=O)c3cncn3C)C2)n1. The van der Waals surface area contributed by atoms with Crippen LogP contribution in [0.4, 0.5) is 5.82 Å². The van der Waals surface area contributed by atoms with Crippen molar-refractivity contribution in [1.82, 2.24) is 24.8 Å². The van der Waals surface area contributed by atoms with E-state index in [2.05, 4.69) is 25.2 Å². The maximum Gasteiger partial charge on any atom is 0.269 e. The zero-order chi connectivity index (χ0) is 15.5. The number of nitrogens with zero attached hydrogens (tertiary/aromatic N) is 5. The Labute approximate surface area is 129 Å². The molecule has 1 atom stereocenters. The maximum absolute atomic E-state index is 12.3. The molecule has 0 saturated carbocycles. The van der Waals surface area contributed by atoms with Crippen molar-refractivity contribution in [1.29, 1.82) is 0 Å². The molecular weight excluding hydrogens is 280 g/mol. The second kappa shape index (κ2) is 6.13. The Bertz CT molecular complexity index is 668. The van der Waals surface area contributed by atoms with Gasteiger partial charge in [0.05, 0.1) is 24.4 Å². The summed E-state index contributed by atoms with van der Waals surface area (Å²) in [6.45, 7) is 3.63. The quantitative estimate of drug-likeness (QED) is 0.912. The molecule has 7 heteroatoms. The number of aromatic nitrogens is 4. The molecule has 0 spiro atoms. The normalized spacial score (nSPS) is 18.3. The lowest BCUT2D eigenvalue weighted by molar-refractivity contribution is 0.0925. The minimum atomic E-state index is -0.0813. The van der Waals surface area contributed by atoms with E-state index in [-0.39, 0.29) is 11.9 Å². The molecule has 1 aliphatic rings. The van der Waals surface area contributed by atoms with Gasteiger partial charge in [-0.15, -0.1) is 0 Å². The number of amides is 1. The van der Waals surface area contributed by atoms with E-state index in [9.17, 15) is 4.79 Å². The Balaban J connectivity index is 1.66. The van der Waals surface area contributed by atoms with E-state index in [0.29, 0.717) is 5.69 Å². The summed E-state index contributed by atoms with van der Waals surface area (Å²) in [5.41, 5.74) is 1.48. The molecule has 0 bridgehead atoms. The third-order valence-corrected chi connectivity index (χ3v) is 3.87. The second-order valence-corrected chi connectivity index (χ2v) is 5.67. The van der Waals surface area contributed by atoms with Crippen molar-refractivity contribution in [3.8, 4) is 0 Å². The Kier molecular flexibility index (Phi) is 4.04. The lowest BCUT2D eigenvalue weighted by atomic mass is 10.1. The summed E-state index contributed by atoms with van der Waals surface area (Å²) in [5, 5.41) is 3.09. The fourth-order valence-electron chi connectivity index (χ4n) is 2.74. The second-order valence-electron chi connectivity index (χ2n) is 5.67. The minimum absolute atomic E-state index is 0.0813. The lowest BCUT2D eigenvalue weighted by Gasteiger charge is -2.33. The van der Waals surface area contributed by atoms with Crippen molar-refractivity contribution in [2.24, 2.45) is 7.05 Å². The molecule has 2 aromatic heterocycles. The lowest BCUT2D eigenvalue weighted by Crippen LogP contribution is -2.48. The number of piperidine rings is 1. The maximum atomic E-state index is 12.3. The fraction of sp³-hybridized carbons (Fsp3) is 0.467. The summed E-state index contributed by atoms with van der Waals surface area (Å²) >= 11 is 0. The molecule has 1 N–H and O–H groups in total. The van der Waals surface area contributed by atoms with E-state index in [1.165, 1.54) is 0 Å². The Morgan fingerprint density at radius 2 is 2.18 bits per heavy atom. The molecule has 1 saturated heterocycles. The van der Waals surface area contributed by atoms with Crippen LogP contribution in [0, 0.1) is 6.92 Å². The number of hydrogen-bond donors (Lipinski definition) is 1. The number of aryl methyl sites for hydroxylation is 2. The molecule has 0 radical (unpaired) electrons. The summed E-state index contributed by atoms with van der Waals surface area (Å²) in [4.78, 5) is 27.1. The van der Waals surface area contributed by atoms with Crippen LogP contribution >= 0.6 is 0 Å². The number of imidazole rings is 1. The summed E-state index contributed by atoms with van der Waals surface area (Å²) in [7, 11) is 1.82. The van der Waals surface area contributed by atoms with Crippen LogP contribution in [-0.2, 0) is 7.05 Å². The third-order valence-electron chi connectivity index (χ3n) is 3.87. The van der Waals surface area contributed by atoms with Gasteiger partial charge in [0.15, 0.2) is 0 Å². The summed E-state index contributed by atoms with van der Waals surface area (Å²) in [6.07, 6.45) is 8.73. The van der Waals surface area contributed by atoms with E-state index in [1.807, 2.05) is 14.0 Å². The van der Waals surface area contributed by atoms with Crippen LogP contribution in [0.5, 0.6) is 0 Å². The number of hydrogen-bond acceptors (Lipinski definition) is 5. The molecule has 116 valence electrons. The summed E-state index contributed by atoms with van der Waals surface area (Å²) in [6, 6.07) is 0.110. The molecular formula is C15H20N6O. The van der Waals surface area contributed by atoms with Crippen LogP contribution in [0.1, 0.15) is 29.0 Å². The number of carbonyl (C=O) groups is 1. The zero-order valence-corrected chi connectivity index (χ0v) is 12.9. The van der Waals surface area contributed by atoms with Crippen molar-refractivity contribution >= 4 is 11.7 Å². The predicted molar refractivity (Wildman–Crippen MR) is 82.7 cm³/mol. The van der Waals surface area contributed by atoms with E-state index >= 15 is 0 Å². The van der Waals surface area contributed by atoms with Crippen molar-refractivity contribution in [2.45, 2.75) is 25.8 Å². The number of rotatable bonds is 3. The molecule has 2 aromatic rings. The molecule has 3 heterocycles. The van der Waals surface area contributed by atoms with Crippen molar-refractivity contribution < 1.29 is 4.79 Å². The first-order chi connectivity index (χ1) is 10.6. The number of carbonyl (C=O) groups excluding carboxylic acids is 1. The van der Waals surface area contributed by atoms with Crippen LogP contribution in [-0.4, -0.2) is 44.6 Å². The van der Waals surface area contributed by atoms with Crippen LogP contribution in [0.15, 0.2) is 24.9 Å². The van der Waals surface area contributed by atoms with Crippen molar-refractivity contribution in [2.75, 3.05) is 18.0 Å². The van der Waals surface area contributed by atoms with Gasteiger partial charge < -0.3 is 14.8 Å². The fourth-order valence-corrected chi connectivity index (χ4v) is 2.74. The molecule has 0 aromatic carbocycles. The molecule has 22 heavy (non-hydrogen) atoms. The van der Waals surface area contributed by atoms with Gasteiger partial charge in [0.2, 0.25) is 0 Å². The number of nitrogens with one attached hydrogen (secondary N) is 1. The predicted octanol–water partition coefficient (Wildman–Crippen LogP) is 0.917. The topological polar surface area (TPSA) is 75.9 Å². The Morgan fingerprint density at radius 1 is 1.32 bits per heavy atom. The highest BCUT2D eigenvalue weighted by atomic mass is 16.2. The average molecular weight is 300 g/mol. The summed E-state index contributed by atoms with van der Waals surface area (Å²) in [5.74, 6) is 0.793. The third kappa shape index (κ3) is 3.08. The largest absolute Gasteiger partial charge is 0.353 e. The monoisotopic (exact) mass is 300 g/mol. The average Bonchev–Trinajstić information content (AvgIpc) is 2.94. The van der Waals surface area contributed by atoms with Gasteiger partial charge in [0.1, 0.15) is 11.5 Å². The van der Waals surface area contributed by atoms with Crippen molar-refractivity contribution in [3.05, 3.63) is 36.3 Å². The molecule has 1 unspecified atom stereocenters. The highest BCUT2D eigenvalue weighted by Crippen LogP contribution is 2.17. The van der Waals surface area contributed by atoms with E-state index < -0.39 is 0 Å². The van der Waals surface area contributed by atoms with Gasteiger partial charge in [-0.05, 0) is 19.8 Å². The van der Waals surface area contributed by atoms with Gasteiger partial charge in [-0.1, -0.05) is 0 Å². The van der Waals surface area contributed by atoms with Crippen LogP contribution < -0.4 is 10.2 Å². The summed E-state index contributed by atoms with van der Waals surface area (Å²) < 4.78 is 1.72. The molecule has 1 aliphatic heterocycles. The molecule has 0 aliphatic carbocycles. The van der Waals surface area contributed by atoms with Crippen molar-refractivity contribution in [3.63, 3.8) is 0 Å². The Morgan fingerprint density at radius 3 is 2.91 bits per heavy atom. The van der Waals surface area contributed by atoms with E-state index in [0.717, 1.165) is 37.4 Å². The molecule has 1 amide bonds. The van der Waals surface area contributed by atoms with Gasteiger partial charge in [-0.25, -0.2) is 9.97 Å². The van der Waals surface area contributed by atoms with Gasteiger partial charge in [-0.2, -0.15) is 0 Å². The smallest absolute Gasteiger partial charge is 0.269 e.